The van der Waals surface area contributed by atoms with Crippen molar-refractivity contribution in [3.05, 3.63) is 71.0 Å². The normalized spacial score (nSPS) is 22.2. The van der Waals surface area contributed by atoms with Crippen LogP contribution in [0.3, 0.4) is 0 Å². The van der Waals surface area contributed by atoms with Gasteiger partial charge in [-0.15, -0.1) is 0 Å². The SMILES string of the molecule is CC(=NCCC(=O)O)c1ccc(CCN2C(=O)C(c3ccccc3F)=NC23CCC(C(C)(C)C)CC3)cc1. The summed E-state index contributed by atoms with van der Waals surface area (Å²) in [7, 11) is 0. The fourth-order valence-electron chi connectivity index (χ4n) is 5.66. The molecular weight excluding hydrogens is 481 g/mol. The Labute approximate surface area is 224 Å². The summed E-state index contributed by atoms with van der Waals surface area (Å²) in [6.45, 7) is 9.43. The summed E-state index contributed by atoms with van der Waals surface area (Å²) >= 11 is 0. The first-order valence-corrected chi connectivity index (χ1v) is 13.5. The minimum Gasteiger partial charge on any atom is -0.481 e. The fraction of sp³-hybridized carbons (Fsp3) is 0.484. The smallest absolute Gasteiger partial charge is 0.305 e. The molecule has 38 heavy (non-hydrogen) atoms. The molecule has 1 aliphatic heterocycles. The second kappa shape index (κ2) is 11.2. The summed E-state index contributed by atoms with van der Waals surface area (Å²) in [5.41, 5.74) is 2.91. The van der Waals surface area contributed by atoms with E-state index >= 15 is 0 Å². The molecule has 2 aliphatic rings. The van der Waals surface area contributed by atoms with Crippen molar-refractivity contribution in [3.63, 3.8) is 0 Å². The van der Waals surface area contributed by atoms with Gasteiger partial charge in [0.1, 0.15) is 17.2 Å². The zero-order valence-electron chi connectivity index (χ0n) is 22.8. The van der Waals surface area contributed by atoms with Gasteiger partial charge in [0.15, 0.2) is 0 Å². The summed E-state index contributed by atoms with van der Waals surface area (Å²) in [5.74, 6) is -0.913. The number of benzene rings is 2. The molecule has 2 aromatic rings. The first-order chi connectivity index (χ1) is 18.0. The highest BCUT2D eigenvalue weighted by Gasteiger charge is 2.50. The number of rotatable bonds is 8. The maximum Gasteiger partial charge on any atom is 0.305 e. The van der Waals surface area contributed by atoms with Crippen molar-refractivity contribution in [1.82, 2.24) is 4.90 Å². The van der Waals surface area contributed by atoms with Gasteiger partial charge in [0, 0.05) is 24.4 Å². The van der Waals surface area contributed by atoms with E-state index in [9.17, 15) is 14.0 Å². The quantitative estimate of drug-likeness (QED) is 0.440. The van der Waals surface area contributed by atoms with Crippen molar-refractivity contribution in [1.29, 1.82) is 0 Å². The highest BCUT2D eigenvalue weighted by atomic mass is 19.1. The van der Waals surface area contributed by atoms with Crippen molar-refractivity contribution in [3.8, 4) is 0 Å². The average molecular weight is 520 g/mol. The second-order valence-corrected chi connectivity index (χ2v) is 11.6. The molecule has 1 heterocycles. The molecule has 1 saturated carbocycles. The number of hydrogen-bond acceptors (Lipinski definition) is 4. The highest BCUT2D eigenvalue weighted by Crippen LogP contribution is 2.46. The van der Waals surface area contributed by atoms with Crippen LogP contribution >= 0.6 is 0 Å². The Kier molecular flexibility index (Phi) is 8.14. The largest absolute Gasteiger partial charge is 0.481 e. The van der Waals surface area contributed by atoms with E-state index in [1.807, 2.05) is 36.1 Å². The molecule has 1 aliphatic carbocycles. The third-order valence-corrected chi connectivity index (χ3v) is 8.08. The number of hydrogen-bond donors (Lipinski definition) is 1. The number of aliphatic imine (C=N–C) groups is 2. The van der Waals surface area contributed by atoms with Crippen LogP contribution in [0, 0.1) is 17.2 Å². The van der Waals surface area contributed by atoms with Crippen LogP contribution in [0.2, 0.25) is 0 Å². The minimum absolute atomic E-state index is 0.00841. The molecule has 1 N–H and O–H groups in total. The Morgan fingerprint density at radius 1 is 1.13 bits per heavy atom. The molecule has 2 aromatic carbocycles. The zero-order chi connectivity index (χ0) is 27.5. The van der Waals surface area contributed by atoms with Crippen molar-refractivity contribution in [2.75, 3.05) is 13.1 Å². The maximum absolute atomic E-state index is 14.7. The van der Waals surface area contributed by atoms with Crippen LogP contribution in [0.1, 0.15) is 76.5 Å². The van der Waals surface area contributed by atoms with Gasteiger partial charge in [0.25, 0.3) is 5.91 Å². The van der Waals surface area contributed by atoms with Gasteiger partial charge in [0.05, 0.1) is 6.42 Å². The van der Waals surface area contributed by atoms with E-state index in [1.54, 1.807) is 18.2 Å². The van der Waals surface area contributed by atoms with Crippen molar-refractivity contribution in [2.45, 2.75) is 71.9 Å². The van der Waals surface area contributed by atoms with Gasteiger partial charge in [-0.1, -0.05) is 57.2 Å². The second-order valence-electron chi connectivity index (χ2n) is 11.6. The summed E-state index contributed by atoms with van der Waals surface area (Å²) in [6, 6.07) is 14.4. The minimum atomic E-state index is -0.861. The van der Waals surface area contributed by atoms with Gasteiger partial charge in [-0.3, -0.25) is 19.6 Å². The van der Waals surface area contributed by atoms with Gasteiger partial charge >= 0.3 is 5.97 Å². The van der Waals surface area contributed by atoms with Gasteiger partial charge in [-0.05, 0) is 73.6 Å². The zero-order valence-corrected chi connectivity index (χ0v) is 22.8. The Morgan fingerprint density at radius 2 is 1.79 bits per heavy atom. The molecule has 1 amide bonds. The van der Waals surface area contributed by atoms with Crippen molar-refractivity contribution < 1.29 is 19.1 Å². The molecule has 0 radical (unpaired) electrons. The summed E-state index contributed by atoms with van der Waals surface area (Å²) in [6.07, 6.45) is 4.19. The van der Waals surface area contributed by atoms with E-state index in [4.69, 9.17) is 10.1 Å². The number of halogens is 1. The number of carbonyl (C=O) groups excluding carboxylic acids is 1. The van der Waals surface area contributed by atoms with Crippen LogP contribution in [0.25, 0.3) is 0 Å². The molecule has 1 spiro atoms. The molecule has 0 bridgehead atoms. The van der Waals surface area contributed by atoms with Crippen LogP contribution < -0.4 is 0 Å². The summed E-state index contributed by atoms with van der Waals surface area (Å²) < 4.78 is 14.7. The molecule has 1 fully saturated rings. The Balaban J connectivity index is 1.52. The molecule has 202 valence electrons. The Bertz CT molecular complexity index is 1240. The molecular formula is C31H38FN3O3. The summed E-state index contributed by atoms with van der Waals surface area (Å²) in [4.78, 5) is 35.6. The van der Waals surface area contributed by atoms with E-state index in [2.05, 4.69) is 25.8 Å². The van der Waals surface area contributed by atoms with Gasteiger partial charge in [-0.2, -0.15) is 0 Å². The van der Waals surface area contributed by atoms with E-state index in [1.165, 1.54) is 6.07 Å². The molecule has 0 atom stereocenters. The number of carboxylic acid groups (broad SMARTS) is 1. The molecule has 0 saturated heterocycles. The highest BCUT2D eigenvalue weighted by molar-refractivity contribution is 6.46. The Hall–Kier alpha value is -3.35. The lowest BCUT2D eigenvalue weighted by atomic mass is 9.69. The number of carbonyl (C=O) groups is 2. The number of carboxylic acids is 1. The third-order valence-electron chi connectivity index (χ3n) is 8.08. The van der Waals surface area contributed by atoms with E-state index in [0.29, 0.717) is 18.9 Å². The van der Waals surface area contributed by atoms with Gasteiger partial charge in [0.2, 0.25) is 0 Å². The van der Waals surface area contributed by atoms with E-state index in [-0.39, 0.29) is 35.6 Å². The standard InChI is InChI=1S/C31H38FN3O3/c1-21(33-19-15-27(36)37)23-11-9-22(10-12-23)16-20-35-29(38)28(25-7-5-6-8-26(25)32)34-31(35)17-13-24(14-18-31)30(2,3)4/h5-12,24H,13-20H2,1-4H3,(H,36,37). The number of aliphatic carboxylic acids is 1. The molecule has 7 heteroatoms. The predicted molar refractivity (Wildman–Crippen MR) is 148 cm³/mol. The maximum atomic E-state index is 14.7. The molecule has 4 rings (SSSR count). The summed E-state index contributed by atoms with van der Waals surface area (Å²) in [5, 5.41) is 8.81. The molecule has 6 nitrogen and oxygen atoms in total. The van der Waals surface area contributed by atoms with Crippen molar-refractivity contribution >= 4 is 23.3 Å². The predicted octanol–water partition coefficient (Wildman–Crippen LogP) is 5.92. The van der Waals surface area contributed by atoms with Crippen LogP contribution in [-0.4, -0.2) is 52.1 Å². The first kappa shape index (κ1) is 27.7. The average Bonchev–Trinajstić information content (AvgIpc) is 3.13. The first-order valence-electron chi connectivity index (χ1n) is 13.5. The third kappa shape index (κ3) is 6.03. The lowest BCUT2D eigenvalue weighted by Crippen LogP contribution is -2.50. The Morgan fingerprint density at radius 3 is 2.39 bits per heavy atom. The van der Waals surface area contributed by atoms with Gasteiger partial charge < -0.3 is 10.0 Å². The number of nitrogens with zero attached hydrogens (tertiary/aromatic N) is 3. The van der Waals surface area contributed by atoms with E-state index < -0.39 is 17.4 Å². The van der Waals surface area contributed by atoms with Crippen LogP contribution in [-0.2, 0) is 16.0 Å². The van der Waals surface area contributed by atoms with Crippen LogP contribution in [0.15, 0.2) is 58.5 Å². The van der Waals surface area contributed by atoms with Crippen LogP contribution in [0.4, 0.5) is 4.39 Å². The van der Waals surface area contributed by atoms with Crippen molar-refractivity contribution in [2.24, 2.45) is 21.3 Å². The molecule has 0 unspecified atom stereocenters. The van der Waals surface area contributed by atoms with Gasteiger partial charge in [-0.25, -0.2) is 4.39 Å². The fourth-order valence-corrected chi connectivity index (χ4v) is 5.66. The lowest BCUT2D eigenvalue weighted by molar-refractivity contribution is -0.136. The monoisotopic (exact) mass is 519 g/mol. The lowest BCUT2D eigenvalue weighted by Gasteiger charge is -2.45. The number of amides is 1. The van der Waals surface area contributed by atoms with Crippen LogP contribution in [0.5, 0.6) is 0 Å². The topological polar surface area (TPSA) is 82.3 Å². The van der Waals surface area contributed by atoms with E-state index in [0.717, 1.165) is 42.5 Å². The molecule has 0 aromatic heterocycles.